The van der Waals surface area contributed by atoms with Crippen LogP contribution in [-0.4, -0.2) is 37.5 Å². The average molecular weight is 488 g/mol. The standard InChI is InChI=1S/C31H25N3O3/c1-19-27(36)18-24-16-22(12-13-25(24)32-19)28-23(14-15-35)17-26-29(20-8-4-2-5-9-20)30(33-34(26)31(28)37)21-10-6-3-7-11-21/h2-13,16,18,35-36H,14-15,17H2,1H3. The Morgan fingerprint density at radius 3 is 2.30 bits per heavy atom. The molecule has 3 aromatic carbocycles. The highest BCUT2D eigenvalue weighted by Crippen LogP contribution is 2.40. The molecule has 37 heavy (non-hydrogen) atoms. The summed E-state index contributed by atoms with van der Waals surface area (Å²) in [5.74, 6) is -0.119. The number of allylic oxidation sites excluding steroid dienone is 1. The van der Waals surface area contributed by atoms with Crippen molar-refractivity contribution in [3.05, 3.63) is 107 Å². The fraction of sp³-hybridized carbons (Fsp3) is 0.129. The lowest BCUT2D eigenvalue weighted by atomic mass is 9.88. The summed E-state index contributed by atoms with van der Waals surface area (Å²) in [5, 5.41) is 25.7. The van der Waals surface area contributed by atoms with Gasteiger partial charge in [0.15, 0.2) is 0 Å². The number of hydrogen-bond acceptors (Lipinski definition) is 5. The smallest absolute Gasteiger partial charge is 0.279 e. The van der Waals surface area contributed by atoms with Crippen molar-refractivity contribution in [1.82, 2.24) is 14.8 Å². The molecule has 1 aliphatic heterocycles. The van der Waals surface area contributed by atoms with E-state index in [-0.39, 0.29) is 18.3 Å². The molecule has 6 nitrogen and oxygen atoms in total. The fourth-order valence-corrected chi connectivity index (χ4v) is 5.13. The molecule has 0 atom stereocenters. The molecule has 6 heteroatoms. The molecule has 182 valence electrons. The van der Waals surface area contributed by atoms with E-state index in [9.17, 15) is 15.0 Å². The first-order valence-electron chi connectivity index (χ1n) is 12.3. The van der Waals surface area contributed by atoms with Gasteiger partial charge in [0.2, 0.25) is 0 Å². The minimum atomic E-state index is -0.229. The number of nitrogens with zero attached hydrogens (tertiary/aromatic N) is 3. The zero-order valence-electron chi connectivity index (χ0n) is 20.3. The van der Waals surface area contributed by atoms with E-state index in [1.54, 1.807) is 13.0 Å². The Labute approximate surface area is 214 Å². The molecule has 6 rings (SSSR count). The van der Waals surface area contributed by atoms with E-state index >= 15 is 0 Å². The zero-order chi connectivity index (χ0) is 25.5. The summed E-state index contributed by atoms with van der Waals surface area (Å²) in [6, 6.07) is 27.2. The van der Waals surface area contributed by atoms with Gasteiger partial charge in [-0.1, -0.05) is 66.7 Å². The van der Waals surface area contributed by atoms with Gasteiger partial charge in [0.05, 0.1) is 16.9 Å². The van der Waals surface area contributed by atoms with Gasteiger partial charge in [0.1, 0.15) is 11.4 Å². The molecule has 0 aliphatic carbocycles. The second-order valence-electron chi connectivity index (χ2n) is 9.25. The van der Waals surface area contributed by atoms with E-state index in [1.807, 2.05) is 78.9 Å². The Balaban J connectivity index is 1.55. The van der Waals surface area contributed by atoms with Crippen molar-refractivity contribution in [3.63, 3.8) is 0 Å². The number of aromatic hydroxyl groups is 1. The van der Waals surface area contributed by atoms with Crippen LogP contribution in [0.4, 0.5) is 0 Å². The number of aromatic nitrogens is 3. The predicted octanol–water partition coefficient (Wildman–Crippen LogP) is 5.81. The topological polar surface area (TPSA) is 88.2 Å². The van der Waals surface area contributed by atoms with Gasteiger partial charge < -0.3 is 10.2 Å². The Hall–Kier alpha value is -4.55. The summed E-state index contributed by atoms with van der Waals surface area (Å²) in [6.45, 7) is 1.69. The van der Waals surface area contributed by atoms with Crippen molar-refractivity contribution in [1.29, 1.82) is 0 Å². The molecular weight excluding hydrogens is 462 g/mol. The molecule has 0 amide bonds. The van der Waals surface area contributed by atoms with Crippen LogP contribution in [0.2, 0.25) is 0 Å². The van der Waals surface area contributed by atoms with Crippen LogP contribution in [0, 0.1) is 6.92 Å². The third-order valence-corrected chi connectivity index (χ3v) is 6.91. The molecule has 3 heterocycles. The summed E-state index contributed by atoms with van der Waals surface area (Å²) in [5.41, 5.74) is 7.83. The SMILES string of the molecule is Cc1nc2ccc(C3=C(CCO)Cc4c(-c5ccccc5)c(-c5ccccc5)nn4C3=O)cc2cc1O. The lowest BCUT2D eigenvalue weighted by molar-refractivity contribution is 0.0957. The predicted molar refractivity (Wildman–Crippen MR) is 144 cm³/mol. The van der Waals surface area contributed by atoms with Crippen LogP contribution in [0.15, 0.2) is 90.5 Å². The van der Waals surface area contributed by atoms with E-state index < -0.39 is 0 Å². The quantitative estimate of drug-likeness (QED) is 0.327. The second-order valence-corrected chi connectivity index (χ2v) is 9.25. The van der Waals surface area contributed by atoms with Gasteiger partial charge in [-0.15, -0.1) is 0 Å². The van der Waals surface area contributed by atoms with Gasteiger partial charge in [-0.3, -0.25) is 4.79 Å². The third kappa shape index (κ3) is 3.92. The number of aliphatic hydroxyl groups is 1. The highest BCUT2D eigenvalue weighted by atomic mass is 16.3. The van der Waals surface area contributed by atoms with Crippen LogP contribution >= 0.6 is 0 Å². The first kappa shape index (κ1) is 22.9. The third-order valence-electron chi connectivity index (χ3n) is 6.91. The molecule has 0 spiro atoms. The maximum atomic E-state index is 14.1. The normalized spacial score (nSPS) is 13.3. The Morgan fingerprint density at radius 2 is 1.59 bits per heavy atom. The van der Waals surface area contributed by atoms with Crippen molar-refractivity contribution in [2.75, 3.05) is 6.61 Å². The molecule has 0 bridgehead atoms. The highest BCUT2D eigenvalue weighted by Gasteiger charge is 2.32. The second kappa shape index (κ2) is 9.15. The van der Waals surface area contributed by atoms with Crippen LogP contribution < -0.4 is 0 Å². The van der Waals surface area contributed by atoms with Gasteiger partial charge in [0, 0.05) is 35.1 Å². The van der Waals surface area contributed by atoms with E-state index in [4.69, 9.17) is 5.10 Å². The van der Waals surface area contributed by atoms with Crippen molar-refractivity contribution >= 4 is 22.4 Å². The maximum absolute atomic E-state index is 14.1. The lowest BCUT2D eigenvalue weighted by Crippen LogP contribution is -2.24. The van der Waals surface area contributed by atoms with Gasteiger partial charge in [0.25, 0.3) is 5.91 Å². The van der Waals surface area contributed by atoms with Gasteiger partial charge in [-0.05, 0) is 48.2 Å². The molecule has 0 saturated carbocycles. The van der Waals surface area contributed by atoms with Crippen molar-refractivity contribution in [2.45, 2.75) is 19.8 Å². The van der Waals surface area contributed by atoms with Gasteiger partial charge in [-0.2, -0.15) is 9.78 Å². The van der Waals surface area contributed by atoms with Crippen LogP contribution in [0.25, 0.3) is 38.9 Å². The van der Waals surface area contributed by atoms with Crippen molar-refractivity contribution in [2.24, 2.45) is 0 Å². The summed E-state index contributed by atoms with van der Waals surface area (Å²) in [6.07, 6.45) is 0.859. The Kier molecular flexibility index (Phi) is 5.66. The van der Waals surface area contributed by atoms with Gasteiger partial charge >= 0.3 is 0 Å². The average Bonchev–Trinajstić information content (AvgIpc) is 3.30. The summed E-state index contributed by atoms with van der Waals surface area (Å²) in [4.78, 5) is 18.5. The molecule has 0 fully saturated rings. The van der Waals surface area contributed by atoms with Gasteiger partial charge in [-0.25, -0.2) is 4.98 Å². The molecule has 2 aromatic heterocycles. The van der Waals surface area contributed by atoms with Crippen LogP contribution in [0.1, 0.15) is 28.2 Å². The first-order valence-corrected chi connectivity index (χ1v) is 12.3. The van der Waals surface area contributed by atoms with E-state index in [2.05, 4.69) is 4.98 Å². The molecule has 2 N–H and O–H groups in total. The minimum Gasteiger partial charge on any atom is -0.506 e. The number of carbonyl (C=O) groups excluding carboxylic acids is 1. The van der Waals surface area contributed by atoms with E-state index in [0.717, 1.165) is 50.1 Å². The molecule has 5 aromatic rings. The molecule has 0 unspecified atom stereocenters. The number of rotatable bonds is 5. The van der Waals surface area contributed by atoms with Crippen LogP contribution in [0.3, 0.4) is 0 Å². The number of aliphatic hydroxyl groups excluding tert-OH is 1. The molecular formula is C31H25N3O3. The molecule has 1 aliphatic rings. The summed E-state index contributed by atoms with van der Waals surface area (Å²) in [7, 11) is 0. The highest BCUT2D eigenvalue weighted by molar-refractivity contribution is 6.23. The number of hydrogen-bond donors (Lipinski definition) is 2. The Bertz CT molecular complexity index is 1690. The monoisotopic (exact) mass is 487 g/mol. The van der Waals surface area contributed by atoms with E-state index in [1.165, 1.54) is 4.68 Å². The zero-order valence-corrected chi connectivity index (χ0v) is 20.3. The fourth-order valence-electron chi connectivity index (χ4n) is 5.13. The molecule has 0 radical (unpaired) electrons. The number of carbonyl (C=O) groups is 1. The number of benzene rings is 3. The summed E-state index contributed by atoms with van der Waals surface area (Å²) < 4.78 is 1.52. The van der Waals surface area contributed by atoms with Crippen LogP contribution in [0.5, 0.6) is 5.75 Å². The Morgan fingerprint density at radius 1 is 0.892 bits per heavy atom. The number of aryl methyl sites for hydroxylation is 1. The van der Waals surface area contributed by atoms with E-state index in [0.29, 0.717) is 24.1 Å². The maximum Gasteiger partial charge on any atom is 0.279 e. The summed E-state index contributed by atoms with van der Waals surface area (Å²) >= 11 is 0. The van der Waals surface area contributed by atoms with Crippen molar-refractivity contribution < 1.29 is 15.0 Å². The lowest BCUT2D eigenvalue weighted by Gasteiger charge is -2.22. The number of pyridine rings is 1. The minimum absolute atomic E-state index is 0.0679. The molecule has 0 saturated heterocycles. The first-order chi connectivity index (χ1) is 18.0. The largest absolute Gasteiger partial charge is 0.506 e. The number of fused-ring (bicyclic) bond motifs is 2. The van der Waals surface area contributed by atoms with Crippen molar-refractivity contribution in [3.8, 4) is 28.1 Å². The van der Waals surface area contributed by atoms with Crippen LogP contribution in [-0.2, 0) is 6.42 Å².